The van der Waals surface area contributed by atoms with Gasteiger partial charge >= 0.3 is 11.7 Å². The number of sulfonamides is 1. The Balaban J connectivity index is 2.46. The number of aryl methyl sites for hydroxylation is 1. The third-order valence-electron chi connectivity index (χ3n) is 2.49. The number of hydrogen-bond donors (Lipinski definition) is 2. The molecule has 0 saturated heterocycles. The Hall–Kier alpha value is -2.13. The van der Waals surface area contributed by atoms with Crippen molar-refractivity contribution in [3.05, 3.63) is 28.7 Å². The topological polar surface area (TPSA) is 119 Å². The van der Waals surface area contributed by atoms with Crippen LogP contribution >= 0.6 is 0 Å². The monoisotopic (exact) mass is 286 g/mol. The van der Waals surface area contributed by atoms with Crippen LogP contribution in [0.15, 0.2) is 32.3 Å². The minimum Gasteiger partial charge on any atom is -0.480 e. The Bertz CT molecular complexity index is 801. The zero-order valence-electron chi connectivity index (χ0n) is 9.78. The summed E-state index contributed by atoms with van der Waals surface area (Å²) in [4.78, 5) is 21.4. The normalized spacial score (nSPS) is 11.8. The molecule has 0 aliphatic heterocycles. The molecule has 2 N–H and O–H groups in total. The van der Waals surface area contributed by atoms with E-state index in [2.05, 4.69) is 0 Å². The molecule has 0 radical (unpaired) electrons. The van der Waals surface area contributed by atoms with E-state index >= 15 is 0 Å². The lowest BCUT2D eigenvalue weighted by Gasteiger charge is -2.04. The number of aromatic nitrogens is 1. The van der Waals surface area contributed by atoms with E-state index in [4.69, 9.17) is 9.52 Å². The van der Waals surface area contributed by atoms with Crippen LogP contribution in [0.2, 0.25) is 0 Å². The third kappa shape index (κ3) is 2.51. The minimum atomic E-state index is -3.95. The predicted molar refractivity (Wildman–Crippen MR) is 64.3 cm³/mol. The number of oxazole rings is 1. The average molecular weight is 286 g/mol. The smallest absolute Gasteiger partial charge is 0.419 e. The highest BCUT2D eigenvalue weighted by Gasteiger charge is 2.17. The van der Waals surface area contributed by atoms with Gasteiger partial charge in [0.2, 0.25) is 10.0 Å². The van der Waals surface area contributed by atoms with Crippen LogP contribution in [0.5, 0.6) is 0 Å². The van der Waals surface area contributed by atoms with Crippen molar-refractivity contribution in [1.29, 1.82) is 0 Å². The predicted octanol–water partition coefficient (Wildman–Crippen LogP) is -0.506. The van der Waals surface area contributed by atoms with E-state index in [1.807, 2.05) is 4.72 Å². The van der Waals surface area contributed by atoms with Gasteiger partial charge in [-0.15, -0.1) is 0 Å². The molecule has 0 atom stereocenters. The molecule has 2 rings (SSSR count). The van der Waals surface area contributed by atoms with Gasteiger partial charge in [0.15, 0.2) is 5.58 Å². The Kier molecular flexibility index (Phi) is 3.16. The number of fused-ring (bicyclic) bond motifs is 1. The molecule has 0 aliphatic rings. The van der Waals surface area contributed by atoms with Crippen molar-refractivity contribution >= 4 is 27.1 Å². The summed E-state index contributed by atoms with van der Waals surface area (Å²) in [5.74, 6) is -1.90. The first-order valence-electron chi connectivity index (χ1n) is 5.12. The summed E-state index contributed by atoms with van der Waals surface area (Å²) >= 11 is 0. The molecule has 19 heavy (non-hydrogen) atoms. The van der Waals surface area contributed by atoms with Gasteiger partial charge in [-0.05, 0) is 12.1 Å². The van der Waals surface area contributed by atoms with Gasteiger partial charge in [0.05, 0.1) is 10.4 Å². The highest BCUT2D eigenvalue weighted by molar-refractivity contribution is 7.89. The van der Waals surface area contributed by atoms with Gasteiger partial charge in [-0.2, -0.15) is 4.72 Å². The zero-order valence-corrected chi connectivity index (χ0v) is 10.6. The number of hydrogen-bond acceptors (Lipinski definition) is 5. The number of carboxylic acids is 1. The summed E-state index contributed by atoms with van der Waals surface area (Å²) in [5, 5.41) is 8.45. The SMILES string of the molecule is Cn1c(=O)oc2cc(S(=O)(=O)NCC(=O)O)ccc21. The maximum absolute atomic E-state index is 11.8. The first-order valence-corrected chi connectivity index (χ1v) is 6.60. The lowest BCUT2D eigenvalue weighted by Crippen LogP contribution is -2.29. The van der Waals surface area contributed by atoms with Gasteiger partial charge in [-0.1, -0.05) is 0 Å². The average Bonchev–Trinajstić information content (AvgIpc) is 2.62. The Morgan fingerprint density at radius 2 is 2.16 bits per heavy atom. The maximum atomic E-state index is 11.8. The van der Waals surface area contributed by atoms with Crippen molar-refractivity contribution in [2.45, 2.75) is 4.90 Å². The summed E-state index contributed by atoms with van der Waals surface area (Å²) in [5.41, 5.74) is 0.563. The van der Waals surface area contributed by atoms with Crippen LogP contribution in [0.1, 0.15) is 0 Å². The summed E-state index contributed by atoms with van der Waals surface area (Å²) in [6, 6.07) is 3.85. The second kappa shape index (κ2) is 4.52. The fourth-order valence-electron chi connectivity index (χ4n) is 1.52. The number of carbonyl (C=O) groups is 1. The zero-order chi connectivity index (χ0) is 14.2. The molecule has 0 aliphatic carbocycles. The van der Waals surface area contributed by atoms with Crippen LogP contribution in [0.4, 0.5) is 0 Å². The summed E-state index contributed by atoms with van der Waals surface area (Å²) in [7, 11) is -2.46. The van der Waals surface area contributed by atoms with E-state index in [-0.39, 0.29) is 10.5 Å². The van der Waals surface area contributed by atoms with Gasteiger partial charge in [-0.25, -0.2) is 13.2 Å². The molecular formula is C10H10N2O6S. The standard InChI is InChI=1S/C10H10N2O6S/c1-12-7-3-2-6(4-8(7)18-10(12)15)19(16,17)11-5-9(13)14/h2-4,11H,5H2,1H3,(H,13,14). The van der Waals surface area contributed by atoms with Gasteiger partial charge < -0.3 is 9.52 Å². The number of rotatable bonds is 4. The lowest BCUT2D eigenvalue weighted by atomic mass is 10.3. The van der Waals surface area contributed by atoms with Crippen LogP contribution in [-0.2, 0) is 21.9 Å². The molecule has 1 aromatic heterocycles. The van der Waals surface area contributed by atoms with Crippen molar-refractivity contribution in [2.24, 2.45) is 7.05 Å². The molecule has 8 nitrogen and oxygen atoms in total. The molecule has 0 unspecified atom stereocenters. The molecule has 9 heteroatoms. The molecule has 2 aromatic rings. The van der Waals surface area contributed by atoms with Gasteiger partial charge in [0.1, 0.15) is 6.54 Å². The van der Waals surface area contributed by atoms with Gasteiger partial charge in [-0.3, -0.25) is 9.36 Å². The van der Waals surface area contributed by atoms with Crippen LogP contribution in [0.25, 0.3) is 11.1 Å². The molecule has 0 saturated carbocycles. The first kappa shape index (κ1) is 13.3. The number of carboxylic acid groups (broad SMARTS) is 1. The second-order valence-corrected chi connectivity index (χ2v) is 5.54. The molecule has 0 bridgehead atoms. The summed E-state index contributed by atoms with van der Waals surface area (Å²) < 4.78 is 31.5. The largest absolute Gasteiger partial charge is 0.480 e. The van der Waals surface area contributed by atoms with Crippen LogP contribution < -0.4 is 10.5 Å². The highest BCUT2D eigenvalue weighted by Crippen LogP contribution is 2.17. The Labute approximate surface area is 107 Å². The summed E-state index contributed by atoms with van der Waals surface area (Å²) in [6.45, 7) is -0.723. The van der Waals surface area contributed by atoms with Crippen LogP contribution in [-0.4, -0.2) is 30.6 Å². The Morgan fingerprint density at radius 1 is 1.47 bits per heavy atom. The maximum Gasteiger partial charge on any atom is 0.419 e. The number of nitrogens with one attached hydrogen (secondary N) is 1. The first-order chi connectivity index (χ1) is 8.81. The van der Waals surface area contributed by atoms with Crippen molar-refractivity contribution in [3.63, 3.8) is 0 Å². The number of nitrogens with zero attached hydrogens (tertiary/aromatic N) is 1. The van der Waals surface area contributed by atoms with Gasteiger partial charge in [0.25, 0.3) is 0 Å². The Morgan fingerprint density at radius 3 is 2.79 bits per heavy atom. The fraction of sp³-hybridized carbons (Fsp3) is 0.200. The van der Waals surface area contributed by atoms with Crippen molar-refractivity contribution in [2.75, 3.05) is 6.54 Å². The van der Waals surface area contributed by atoms with E-state index in [1.165, 1.54) is 29.8 Å². The molecule has 0 spiro atoms. The van der Waals surface area contributed by atoms with E-state index in [0.717, 1.165) is 0 Å². The highest BCUT2D eigenvalue weighted by atomic mass is 32.2. The molecule has 1 aromatic carbocycles. The minimum absolute atomic E-state index is 0.116. The van der Waals surface area contributed by atoms with Crippen molar-refractivity contribution in [1.82, 2.24) is 9.29 Å². The quantitative estimate of drug-likeness (QED) is 0.781. The molecule has 0 fully saturated rings. The second-order valence-electron chi connectivity index (χ2n) is 3.77. The summed E-state index contributed by atoms with van der Waals surface area (Å²) in [6.07, 6.45) is 0. The van der Waals surface area contributed by atoms with Gasteiger partial charge in [0, 0.05) is 13.1 Å². The molecule has 0 amide bonds. The van der Waals surface area contributed by atoms with Crippen LogP contribution in [0, 0.1) is 0 Å². The lowest BCUT2D eigenvalue weighted by molar-refractivity contribution is -0.135. The van der Waals surface area contributed by atoms with E-state index in [9.17, 15) is 18.0 Å². The van der Waals surface area contributed by atoms with E-state index in [0.29, 0.717) is 5.52 Å². The third-order valence-corrected chi connectivity index (χ3v) is 3.89. The molecule has 1 heterocycles. The van der Waals surface area contributed by atoms with E-state index in [1.54, 1.807) is 0 Å². The molecule has 102 valence electrons. The van der Waals surface area contributed by atoms with Crippen molar-refractivity contribution in [3.8, 4) is 0 Å². The molecular weight excluding hydrogens is 276 g/mol. The fourth-order valence-corrected chi connectivity index (χ4v) is 2.51. The van der Waals surface area contributed by atoms with Crippen LogP contribution in [0.3, 0.4) is 0 Å². The number of aliphatic carboxylic acids is 1. The van der Waals surface area contributed by atoms with E-state index < -0.39 is 28.3 Å². The van der Waals surface area contributed by atoms with Crippen molar-refractivity contribution < 1.29 is 22.7 Å². The number of benzene rings is 1.